The lowest BCUT2D eigenvalue weighted by molar-refractivity contribution is -0.162. The first-order valence-electron chi connectivity index (χ1n) is 3.92. The average Bonchev–Trinajstić information content (AvgIpc) is 2.17. The topological polar surface area (TPSA) is 29.4 Å². The number of halogens is 5. The molecule has 0 aliphatic carbocycles. The van der Waals surface area contributed by atoms with Gasteiger partial charge in [0, 0.05) is 10.6 Å². The smallest absolute Gasteiger partial charge is 0.211 e. The molecule has 0 bridgehead atoms. The highest BCUT2D eigenvalue weighted by Gasteiger charge is 2.55. The zero-order chi connectivity index (χ0) is 12.4. The van der Waals surface area contributed by atoms with Crippen molar-refractivity contribution in [3.63, 3.8) is 0 Å². The van der Waals surface area contributed by atoms with Gasteiger partial charge in [0.05, 0.1) is 0 Å². The van der Waals surface area contributed by atoms with E-state index in [0.717, 1.165) is 18.2 Å². The van der Waals surface area contributed by atoms with Crippen molar-refractivity contribution in [1.82, 2.24) is 0 Å². The third-order valence-corrected chi connectivity index (χ3v) is 2.57. The Kier molecular flexibility index (Phi) is 3.63. The van der Waals surface area contributed by atoms with Gasteiger partial charge in [-0.25, -0.2) is 4.79 Å². The van der Waals surface area contributed by atoms with E-state index in [-0.39, 0.29) is 5.02 Å². The zero-order valence-corrected chi connectivity index (χ0v) is 9.07. The van der Waals surface area contributed by atoms with Gasteiger partial charge in [0.1, 0.15) is 0 Å². The number of rotatable bonds is 2. The maximum Gasteiger partial charge on any atom is 0.432 e. The summed E-state index contributed by atoms with van der Waals surface area (Å²) < 4.78 is 37.9. The molecule has 0 aromatic heterocycles. The van der Waals surface area contributed by atoms with Crippen molar-refractivity contribution in [3.05, 3.63) is 34.9 Å². The van der Waals surface area contributed by atoms with E-state index in [9.17, 15) is 18.0 Å². The second-order valence-corrected chi connectivity index (χ2v) is 3.81. The first-order valence-corrected chi connectivity index (χ1v) is 4.67. The van der Waals surface area contributed by atoms with Crippen molar-refractivity contribution in [2.24, 2.45) is 4.99 Å². The molecule has 1 aromatic carbocycles. The van der Waals surface area contributed by atoms with Crippen molar-refractivity contribution in [2.75, 3.05) is 0 Å². The van der Waals surface area contributed by atoms with Gasteiger partial charge in [-0.1, -0.05) is 35.3 Å². The zero-order valence-electron chi connectivity index (χ0n) is 7.55. The standard InChI is InChI=1S/C9H4Cl2F3NO/c10-7-3-1-6(2-4-7)8(11,15-5-16)9(12,13)14/h1-4H. The second-order valence-electron chi connectivity index (χ2n) is 2.83. The molecule has 0 amide bonds. The van der Waals surface area contributed by atoms with Crippen LogP contribution in [0.3, 0.4) is 0 Å². The molecular weight excluding hydrogens is 266 g/mol. The summed E-state index contributed by atoms with van der Waals surface area (Å²) in [6.45, 7) is 0. The van der Waals surface area contributed by atoms with Gasteiger partial charge in [-0.2, -0.15) is 18.2 Å². The normalized spacial score (nSPS) is 15.1. The molecule has 0 saturated heterocycles. The summed E-state index contributed by atoms with van der Waals surface area (Å²) in [6, 6.07) is 4.54. The van der Waals surface area contributed by atoms with Crippen molar-refractivity contribution < 1.29 is 18.0 Å². The summed E-state index contributed by atoms with van der Waals surface area (Å²) in [4.78, 5) is 9.51. The number of aliphatic imine (C=N–C) groups is 1. The van der Waals surface area contributed by atoms with Gasteiger partial charge in [-0.15, -0.1) is 0 Å². The molecule has 0 heterocycles. The quantitative estimate of drug-likeness (QED) is 0.349. The van der Waals surface area contributed by atoms with Crippen LogP contribution in [0.2, 0.25) is 5.02 Å². The molecule has 0 saturated carbocycles. The summed E-state index contributed by atoms with van der Waals surface area (Å²) in [5.41, 5.74) is -0.394. The number of isocyanates is 1. The molecule has 0 fully saturated rings. The highest BCUT2D eigenvalue weighted by molar-refractivity contribution is 6.30. The van der Waals surface area contributed by atoms with Gasteiger partial charge in [0.15, 0.2) is 0 Å². The van der Waals surface area contributed by atoms with Crippen LogP contribution in [0.15, 0.2) is 29.3 Å². The predicted octanol–water partition coefficient (Wildman–Crippen LogP) is 3.63. The molecular formula is C9H4Cl2F3NO. The van der Waals surface area contributed by atoms with Crippen LogP contribution in [-0.2, 0) is 9.79 Å². The summed E-state index contributed by atoms with van der Waals surface area (Å²) in [7, 11) is 0. The Labute approximate surface area is 98.7 Å². The summed E-state index contributed by atoms with van der Waals surface area (Å²) in [5.74, 6) is 0. The number of alkyl halides is 4. The molecule has 0 radical (unpaired) electrons. The number of hydrogen-bond donors (Lipinski definition) is 0. The summed E-state index contributed by atoms with van der Waals surface area (Å²) >= 11 is 10.8. The van der Waals surface area contributed by atoms with Crippen LogP contribution in [0.4, 0.5) is 13.2 Å². The van der Waals surface area contributed by atoms with Crippen molar-refractivity contribution >= 4 is 29.3 Å². The van der Waals surface area contributed by atoms with Crippen LogP contribution < -0.4 is 0 Å². The lowest BCUT2D eigenvalue weighted by Crippen LogP contribution is -2.35. The first-order chi connectivity index (χ1) is 7.31. The fourth-order valence-corrected chi connectivity index (χ4v) is 1.31. The second kappa shape index (κ2) is 4.45. The van der Waals surface area contributed by atoms with Gasteiger partial charge in [-0.05, 0) is 12.1 Å². The minimum Gasteiger partial charge on any atom is -0.211 e. The van der Waals surface area contributed by atoms with Crippen LogP contribution in [0.1, 0.15) is 5.56 Å². The molecule has 7 heteroatoms. The van der Waals surface area contributed by atoms with Crippen LogP contribution in [0.5, 0.6) is 0 Å². The van der Waals surface area contributed by atoms with Crippen LogP contribution >= 0.6 is 23.2 Å². The molecule has 2 nitrogen and oxygen atoms in total. The Morgan fingerprint density at radius 1 is 1.19 bits per heavy atom. The maximum atomic E-state index is 12.6. The Balaban J connectivity index is 3.33. The van der Waals surface area contributed by atoms with Gasteiger partial charge < -0.3 is 0 Å². The van der Waals surface area contributed by atoms with Crippen LogP contribution in [-0.4, -0.2) is 12.3 Å². The third-order valence-electron chi connectivity index (χ3n) is 1.80. The summed E-state index contributed by atoms with van der Waals surface area (Å²) in [6.07, 6.45) is -4.08. The van der Waals surface area contributed by atoms with E-state index in [1.165, 1.54) is 12.1 Å². The van der Waals surface area contributed by atoms with E-state index in [2.05, 4.69) is 4.99 Å². The van der Waals surface area contributed by atoms with E-state index >= 15 is 0 Å². The van der Waals surface area contributed by atoms with E-state index < -0.39 is 16.7 Å². The minimum absolute atomic E-state index is 0.250. The lowest BCUT2D eigenvalue weighted by Gasteiger charge is -2.24. The fraction of sp³-hybridized carbons (Fsp3) is 0.222. The van der Waals surface area contributed by atoms with E-state index in [0.29, 0.717) is 0 Å². The monoisotopic (exact) mass is 269 g/mol. The molecule has 0 aliphatic heterocycles. The molecule has 86 valence electrons. The molecule has 1 rings (SSSR count). The number of carbonyl (C=O) groups excluding carboxylic acids is 1. The molecule has 0 spiro atoms. The fourth-order valence-electron chi connectivity index (χ4n) is 1.03. The Hall–Kier alpha value is -1.03. The highest BCUT2D eigenvalue weighted by Crippen LogP contribution is 2.45. The van der Waals surface area contributed by atoms with Gasteiger partial charge in [-0.3, -0.25) is 0 Å². The lowest BCUT2D eigenvalue weighted by atomic mass is 10.1. The number of hydrogen-bond acceptors (Lipinski definition) is 2. The molecule has 1 aromatic rings. The number of nitrogens with zero attached hydrogens (tertiary/aromatic N) is 1. The summed E-state index contributed by atoms with van der Waals surface area (Å²) in [5, 5.41) is 0.250. The highest BCUT2D eigenvalue weighted by atomic mass is 35.5. The largest absolute Gasteiger partial charge is 0.432 e. The van der Waals surface area contributed by atoms with E-state index in [4.69, 9.17) is 23.2 Å². The molecule has 0 N–H and O–H groups in total. The van der Waals surface area contributed by atoms with Gasteiger partial charge in [0.25, 0.3) is 5.00 Å². The number of benzene rings is 1. The van der Waals surface area contributed by atoms with E-state index in [1.807, 2.05) is 0 Å². The van der Waals surface area contributed by atoms with Crippen molar-refractivity contribution in [3.8, 4) is 0 Å². The SMILES string of the molecule is O=C=NC(Cl)(c1ccc(Cl)cc1)C(F)(F)F. The molecule has 16 heavy (non-hydrogen) atoms. The third kappa shape index (κ3) is 2.38. The Morgan fingerprint density at radius 3 is 2.06 bits per heavy atom. The van der Waals surface area contributed by atoms with Crippen LogP contribution in [0.25, 0.3) is 0 Å². The average molecular weight is 270 g/mol. The van der Waals surface area contributed by atoms with Crippen LogP contribution in [0, 0.1) is 0 Å². The molecule has 0 aliphatic rings. The van der Waals surface area contributed by atoms with Gasteiger partial charge in [0.2, 0.25) is 6.08 Å². The molecule has 1 unspecified atom stereocenters. The Morgan fingerprint density at radius 2 is 1.69 bits per heavy atom. The first kappa shape index (κ1) is 13.0. The minimum atomic E-state index is -4.90. The van der Waals surface area contributed by atoms with Gasteiger partial charge >= 0.3 is 6.18 Å². The van der Waals surface area contributed by atoms with Crippen molar-refractivity contribution in [1.29, 1.82) is 0 Å². The Bertz CT molecular complexity index is 425. The van der Waals surface area contributed by atoms with E-state index in [1.54, 1.807) is 0 Å². The predicted molar refractivity (Wildman–Crippen MR) is 53.2 cm³/mol. The maximum absolute atomic E-state index is 12.6. The molecule has 1 atom stereocenters. The van der Waals surface area contributed by atoms with Crippen molar-refractivity contribution in [2.45, 2.75) is 11.2 Å².